The first-order valence-corrected chi connectivity index (χ1v) is 8.07. The van der Waals surface area contributed by atoms with Crippen molar-refractivity contribution in [1.82, 2.24) is 15.1 Å². The number of nitrogens with one attached hydrogen (secondary N) is 1. The fourth-order valence-electron chi connectivity index (χ4n) is 2.32. The van der Waals surface area contributed by atoms with Crippen molar-refractivity contribution < 1.29 is 14.7 Å². The van der Waals surface area contributed by atoms with E-state index in [9.17, 15) is 9.59 Å². The average molecular weight is 350 g/mol. The van der Waals surface area contributed by atoms with Crippen molar-refractivity contribution in [3.05, 3.63) is 41.0 Å². The van der Waals surface area contributed by atoms with E-state index in [0.717, 1.165) is 5.56 Å². The summed E-state index contributed by atoms with van der Waals surface area (Å²) in [5.41, 5.74) is 1.82. The molecule has 0 saturated carbocycles. The molecule has 1 aromatic heterocycles. The van der Waals surface area contributed by atoms with Gasteiger partial charge in [-0.15, -0.1) is 0 Å². The Kier molecular flexibility index (Phi) is 5.98. The molecule has 0 unspecified atom stereocenters. The van der Waals surface area contributed by atoms with Gasteiger partial charge in [0.1, 0.15) is 5.69 Å². The van der Waals surface area contributed by atoms with Gasteiger partial charge in [-0.1, -0.05) is 37.6 Å². The Labute approximate surface area is 145 Å². The van der Waals surface area contributed by atoms with E-state index in [-0.39, 0.29) is 24.8 Å². The van der Waals surface area contributed by atoms with Gasteiger partial charge >= 0.3 is 5.97 Å². The van der Waals surface area contributed by atoms with E-state index in [4.69, 9.17) is 16.7 Å². The fraction of sp³-hybridized carbons (Fsp3) is 0.353. The smallest absolute Gasteiger partial charge is 0.305 e. The highest BCUT2D eigenvalue weighted by atomic mass is 35.5. The van der Waals surface area contributed by atoms with Crippen LogP contribution in [0.3, 0.4) is 0 Å². The molecular formula is C17H20ClN3O3. The number of carboxylic acids is 1. The van der Waals surface area contributed by atoms with E-state index >= 15 is 0 Å². The molecule has 24 heavy (non-hydrogen) atoms. The van der Waals surface area contributed by atoms with Crippen LogP contribution < -0.4 is 0 Å². The first-order valence-electron chi connectivity index (χ1n) is 7.69. The highest BCUT2D eigenvalue weighted by Crippen LogP contribution is 2.21. The highest BCUT2D eigenvalue weighted by molar-refractivity contribution is 6.30. The minimum absolute atomic E-state index is 0.0867. The van der Waals surface area contributed by atoms with Crippen molar-refractivity contribution in [2.45, 2.75) is 20.3 Å². The zero-order chi connectivity index (χ0) is 17.7. The summed E-state index contributed by atoms with van der Waals surface area (Å²) in [6, 6.07) is 8.82. The Balaban J connectivity index is 2.17. The van der Waals surface area contributed by atoms with E-state index < -0.39 is 5.97 Å². The maximum atomic E-state index is 12.6. The summed E-state index contributed by atoms with van der Waals surface area (Å²) < 4.78 is 0. The molecule has 0 aliphatic carbocycles. The lowest BCUT2D eigenvalue weighted by Gasteiger charge is -2.23. The quantitative estimate of drug-likeness (QED) is 0.803. The third kappa shape index (κ3) is 4.83. The van der Waals surface area contributed by atoms with E-state index in [1.54, 1.807) is 18.2 Å². The molecule has 2 N–H and O–H groups in total. The number of benzene rings is 1. The minimum Gasteiger partial charge on any atom is -0.481 e. The maximum Gasteiger partial charge on any atom is 0.305 e. The molecule has 0 bridgehead atoms. The number of hydrogen-bond donors (Lipinski definition) is 2. The zero-order valence-corrected chi connectivity index (χ0v) is 14.4. The zero-order valence-electron chi connectivity index (χ0n) is 13.6. The van der Waals surface area contributed by atoms with Gasteiger partial charge in [0.25, 0.3) is 5.91 Å². The van der Waals surface area contributed by atoms with Gasteiger partial charge in [0, 0.05) is 23.7 Å². The monoisotopic (exact) mass is 349 g/mol. The summed E-state index contributed by atoms with van der Waals surface area (Å²) in [5, 5.41) is 16.4. The van der Waals surface area contributed by atoms with Gasteiger partial charge in [-0.3, -0.25) is 14.7 Å². The van der Waals surface area contributed by atoms with Crippen LogP contribution in [0.2, 0.25) is 5.02 Å². The van der Waals surface area contributed by atoms with Crippen molar-refractivity contribution in [1.29, 1.82) is 0 Å². The second-order valence-electron chi connectivity index (χ2n) is 5.96. The molecule has 0 radical (unpaired) electrons. The standard InChI is InChI=1S/C17H20ClN3O3/c1-11(2)10-21(8-7-16(22)23)17(24)15-9-14(19-20-15)12-3-5-13(18)6-4-12/h3-6,9,11H,7-8,10H2,1-2H3,(H,19,20)(H,22,23). The molecule has 7 heteroatoms. The summed E-state index contributed by atoms with van der Waals surface area (Å²) in [5.74, 6) is -0.943. The van der Waals surface area contributed by atoms with Gasteiger partial charge in [0.05, 0.1) is 12.1 Å². The van der Waals surface area contributed by atoms with E-state index in [2.05, 4.69) is 10.2 Å². The number of carbonyl (C=O) groups excluding carboxylic acids is 1. The molecule has 128 valence electrons. The number of hydrogen-bond acceptors (Lipinski definition) is 3. The first-order chi connectivity index (χ1) is 11.4. The fourth-order valence-corrected chi connectivity index (χ4v) is 2.44. The van der Waals surface area contributed by atoms with E-state index in [1.165, 1.54) is 4.90 Å². The molecule has 0 fully saturated rings. The van der Waals surface area contributed by atoms with Gasteiger partial charge in [0.2, 0.25) is 0 Å². The molecule has 0 aliphatic heterocycles. The third-order valence-electron chi connectivity index (χ3n) is 3.42. The molecule has 0 atom stereocenters. The number of halogens is 1. The SMILES string of the molecule is CC(C)CN(CCC(=O)O)C(=O)c1cc(-c2ccc(Cl)cc2)n[nH]1. The number of H-pyrrole nitrogens is 1. The molecule has 0 aliphatic rings. The van der Waals surface area contributed by atoms with Crippen LogP contribution in [0, 0.1) is 5.92 Å². The molecule has 1 heterocycles. The van der Waals surface area contributed by atoms with Crippen molar-refractivity contribution in [2.75, 3.05) is 13.1 Å². The summed E-state index contributed by atoms with van der Waals surface area (Å²) in [6.45, 7) is 4.61. The number of aromatic amines is 1. The van der Waals surface area contributed by atoms with Gasteiger partial charge in [0.15, 0.2) is 0 Å². The van der Waals surface area contributed by atoms with Crippen LogP contribution in [0.4, 0.5) is 0 Å². The number of amides is 1. The van der Waals surface area contributed by atoms with Crippen LogP contribution in [0.15, 0.2) is 30.3 Å². The predicted octanol–water partition coefficient (Wildman–Crippen LogP) is 3.30. The summed E-state index contributed by atoms with van der Waals surface area (Å²) in [7, 11) is 0. The second kappa shape index (κ2) is 7.97. The van der Waals surface area contributed by atoms with Crippen molar-refractivity contribution in [3.63, 3.8) is 0 Å². The van der Waals surface area contributed by atoms with Gasteiger partial charge in [-0.2, -0.15) is 5.10 Å². The summed E-state index contributed by atoms with van der Waals surface area (Å²) in [6.07, 6.45) is -0.0867. The van der Waals surface area contributed by atoms with Gasteiger partial charge in [-0.05, 0) is 24.1 Å². The Morgan fingerprint density at radius 2 is 1.96 bits per heavy atom. The summed E-state index contributed by atoms with van der Waals surface area (Å²) in [4.78, 5) is 25.0. The minimum atomic E-state index is -0.928. The number of carbonyl (C=O) groups is 2. The molecule has 1 aromatic carbocycles. The third-order valence-corrected chi connectivity index (χ3v) is 3.67. The van der Waals surface area contributed by atoms with Crippen LogP contribution in [0.25, 0.3) is 11.3 Å². The molecule has 0 saturated heterocycles. The Morgan fingerprint density at radius 3 is 2.54 bits per heavy atom. The summed E-state index contributed by atoms with van der Waals surface area (Å²) >= 11 is 5.87. The predicted molar refractivity (Wildman–Crippen MR) is 92.0 cm³/mol. The maximum absolute atomic E-state index is 12.6. The molecule has 2 rings (SSSR count). The lowest BCUT2D eigenvalue weighted by molar-refractivity contribution is -0.137. The second-order valence-corrected chi connectivity index (χ2v) is 6.40. The molecule has 0 spiro atoms. The van der Waals surface area contributed by atoms with Crippen LogP contribution in [0.5, 0.6) is 0 Å². The number of carboxylic acid groups (broad SMARTS) is 1. The average Bonchev–Trinajstić information content (AvgIpc) is 3.01. The van der Waals surface area contributed by atoms with Crippen LogP contribution in [0.1, 0.15) is 30.8 Å². The first kappa shape index (κ1) is 18.0. The lowest BCUT2D eigenvalue weighted by Crippen LogP contribution is -2.36. The lowest BCUT2D eigenvalue weighted by atomic mass is 10.1. The number of nitrogens with zero attached hydrogens (tertiary/aromatic N) is 2. The van der Waals surface area contributed by atoms with Crippen molar-refractivity contribution in [3.8, 4) is 11.3 Å². The van der Waals surface area contributed by atoms with Crippen molar-refractivity contribution >= 4 is 23.5 Å². The topological polar surface area (TPSA) is 86.3 Å². The number of rotatable bonds is 7. The molecule has 2 aromatic rings. The van der Waals surface area contributed by atoms with E-state index in [0.29, 0.717) is 23.0 Å². The molecule has 6 nitrogen and oxygen atoms in total. The number of aromatic nitrogens is 2. The normalized spacial score (nSPS) is 10.8. The van der Waals surface area contributed by atoms with E-state index in [1.807, 2.05) is 26.0 Å². The Morgan fingerprint density at radius 1 is 1.29 bits per heavy atom. The van der Waals surface area contributed by atoms with Crippen molar-refractivity contribution in [2.24, 2.45) is 5.92 Å². The Bertz CT molecular complexity index is 710. The van der Waals surface area contributed by atoms with Crippen LogP contribution >= 0.6 is 11.6 Å². The number of aliphatic carboxylic acids is 1. The van der Waals surface area contributed by atoms with Crippen LogP contribution in [-0.2, 0) is 4.79 Å². The molecular weight excluding hydrogens is 330 g/mol. The van der Waals surface area contributed by atoms with Gasteiger partial charge in [-0.25, -0.2) is 0 Å². The molecule has 1 amide bonds. The highest BCUT2D eigenvalue weighted by Gasteiger charge is 2.20. The van der Waals surface area contributed by atoms with Gasteiger partial charge < -0.3 is 10.0 Å². The van der Waals surface area contributed by atoms with Crippen LogP contribution in [-0.4, -0.2) is 45.2 Å². The largest absolute Gasteiger partial charge is 0.481 e. The Hall–Kier alpha value is -2.34.